The second-order valence-corrected chi connectivity index (χ2v) is 4.70. The number of carbonyl (C=O) groups is 1. The molecule has 2 aromatic heterocycles. The van der Waals surface area contributed by atoms with Gasteiger partial charge in [0.1, 0.15) is 0 Å². The lowest BCUT2D eigenvalue weighted by Crippen LogP contribution is -2.23. The van der Waals surface area contributed by atoms with Crippen molar-refractivity contribution in [1.29, 1.82) is 0 Å². The molecule has 0 saturated carbocycles. The zero-order valence-corrected chi connectivity index (χ0v) is 11.3. The first kappa shape index (κ1) is 12.7. The molecule has 18 heavy (non-hydrogen) atoms. The Morgan fingerprint density at radius 3 is 2.78 bits per heavy atom. The Kier molecular flexibility index (Phi) is 3.46. The van der Waals surface area contributed by atoms with Crippen LogP contribution >= 0.6 is 15.9 Å². The van der Waals surface area contributed by atoms with E-state index >= 15 is 0 Å². The minimum Gasteiger partial charge on any atom is -0.481 e. The summed E-state index contributed by atoms with van der Waals surface area (Å²) in [5, 5.41) is 20.2. The molecule has 2 unspecified atom stereocenters. The molecule has 0 radical (unpaired) electrons. The summed E-state index contributed by atoms with van der Waals surface area (Å²) in [4.78, 5) is 11.0. The number of tetrazole rings is 1. The molecule has 2 atom stereocenters. The van der Waals surface area contributed by atoms with E-state index in [1.807, 2.05) is 0 Å². The fourth-order valence-electron chi connectivity index (χ4n) is 1.48. The van der Waals surface area contributed by atoms with E-state index in [4.69, 9.17) is 9.52 Å². The molecule has 0 spiro atoms. The van der Waals surface area contributed by atoms with Crippen molar-refractivity contribution in [2.24, 2.45) is 5.92 Å². The Morgan fingerprint density at radius 1 is 1.50 bits per heavy atom. The highest BCUT2D eigenvalue weighted by Crippen LogP contribution is 2.26. The maximum Gasteiger partial charge on any atom is 0.308 e. The van der Waals surface area contributed by atoms with Crippen LogP contribution in [0.5, 0.6) is 0 Å². The Hall–Kier alpha value is -1.70. The third kappa shape index (κ3) is 2.28. The monoisotopic (exact) mass is 314 g/mol. The van der Waals surface area contributed by atoms with Crippen molar-refractivity contribution in [1.82, 2.24) is 20.2 Å². The third-order valence-electron chi connectivity index (χ3n) is 2.79. The van der Waals surface area contributed by atoms with E-state index in [1.165, 1.54) is 4.68 Å². The van der Waals surface area contributed by atoms with Gasteiger partial charge in [0, 0.05) is 0 Å². The van der Waals surface area contributed by atoms with Crippen LogP contribution in [0.4, 0.5) is 0 Å². The lowest BCUT2D eigenvalue weighted by molar-refractivity contribution is -0.142. The zero-order chi connectivity index (χ0) is 13.3. The molecule has 2 rings (SSSR count). The number of carboxylic acids is 1. The molecule has 0 aromatic carbocycles. The summed E-state index contributed by atoms with van der Waals surface area (Å²) in [5.41, 5.74) is 0. The van der Waals surface area contributed by atoms with E-state index in [0.29, 0.717) is 16.3 Å². The molecule has 0 saturated heterocycles. The number of nitrogens with zero attached hydrogens (tertiary/aromatic N) is 4. The Balaban J connectivity index is 2.36. The number of hydrogen-bond acceptors (Lipinski definition) is 5. The second kappa shape index (κ2) is 4.89. The molecule has 0 aliphatic heterocycles. The molecular formula is C10H11BrN4O3. The molecule has 8 heteroatoms. The first-order chi connectivity index (χ1) is 8.50. The first-order valence-electron chi connectivity index (χ1n) is 5.27. The standard InChI is InChI=1S/C10H11BrN4O3/c1-5(10(16)17)6(2)15-9(12-13-14-15)7-3-4-8(11)18-7/h3-6H,1-2H3,(H,16,17). The number of hydrogen-bond donors (Lipinski definition) is 1. The molecule has 0 aliphatic carbocycles. The van der Waals surface area contributed by atoms with E-state index in [-0.39, 0.29) is 6.04 Å². The molecule has 0 bridgehead atoms. The molecule has 2 heterocycles. The summed E-state index contributed by atoms with van der Waals surface area (Å²) < 4.78 is 7.37. The van der Waals surface area contributed by atoms with Gasteiger partial charge in [-0.1, -0.05) is 0 Å². The number of carboxylic acid groups (broad SMARTS) is 1. The first-order valence-corrected chi connectivity index (χ1v) is 6.06. The van der Waals surface area contributed by atoms with Crippen LogP contribution in [-0.4, -0.2) is 31.3 Å². The van der Waals surface area contributed by atoms with Gasteiger partial charge in [0.2, 0.25) is 5.82 Å². The van der Waals surface area contributed by atoms with Gasteiger partial charge in [0.25, 0.3) is 0 Å². The minimum absolute atomic E-state index is 0.378. The highest BCUT2D eigenvalue weighted by atomic mass is 79.9. The maximum atomic E-state index is 11.0. The Morgan fingerprint density at radius 2 is 2.22 bits per heavy atom. The van der Waals surface area contributed by atoms with E-state index in [1.54, 1.807) is 26.0 Å². The number of halogens is 1. The normalized spacial score (nSPS) is 14.4. The van der Waals surface area contributed by atoms with Crippen LogP contribution in [0, 0.1) is 5.92 Å². The van der Waals surface area contributed by atoms with Gasteiger partial charge in [-0.2, -0.15) is 0 Å². The van der Waals surface area contributed by atoms with E-state index < -0.39 is 11.9 Å². The molecule has 7 nitrogen and oxygen atoms in total. The van der Waals surface area contributed by atoms with Crippen LogP contribution in [0.25, 0.3) is 11.6 Å². The number of aliphatic carboxylic acids is 1. The minimum atomic E-state index is -0.899. The fraction of sp³-hybridized carbons (Fsp3) is 0.400. The van der Waals surface area contributed by atoms with Gasteiger partial charge in [0.15, 0.2) is 10.4 Å². The molecular weight excluding hydrogens is 304 g/mol. The predicted octanol–water partition coefficient (Wildman–Crippen LogP) is 1.98. The van der Waals surface area contributed by atoms with Crippen molar-refractivity contribution >= 4 is 21.9 Å². The van der Waals surface area contributed by atoms with Gasteiger partial charge in [-0.3, -0.25) is 4.79 Å². The quantitative estimate of drug-likeness (QED) is 0.927. The summed E-state index contributed by atoms with van der Waals surface area (Å²) in [6.07, 6.45) is 0. The summed E-state index contributed by atoms with van der Waals surface area (Å²) >= 11 is 3.19. The molecule has 0 fully saturated rings. The third-order valence-corrected chi connectivity index (χ3v) is 3.21. The largest absolute Gasteiger partial charge is 0.481 e. The molecule has 0 amide bonds. The number of furan rings is 1. The molecule has 96 valence electrons. The van der Waals surface area contributed by atoms with Crippen molar-refractivity contribution in [3.63, 3.8) is 0 Å². The van der Waals surface area contributed by atoms with Gasteiger partial charge >= 0.3 is 5.97 Å². The summed E-state index contributed by atoms with van der Waals surface area (Å²) in [6.45, 7) is 3.35. The smallest absolute Gasteiger partial charge is 0.308 e. The van der Waals surface area contributed by atoms with Crippen LogP contribution in [0.3, 0.4) is 0 Å². The Labute approximate surface area is 111 Å². The highest BCUT2D eigenvalue weighted by Gasteiger charge is 2.25. The van der Waals surface area contributed by atoms with E-state index in [0.717, 1.165) is 0 Å². The molecule has 1 N–H and O–H groups in total. The van der Waals surface area contributed by atoms with Crippen LogP contribution in [0.2, 0.25) is 0 Å². The van der Waals surface area contributed by atoms with Crippen LogP contribution in [-0.2, 0) is 4.79 Å². The second-order valence-electron chi connectivity index (χ2n) is 3.92. The van der Waals surface area contributed by atoms with Crippen LogP contribution in [0.15, 0.2) is 21.2 Å². The predicted molar refractivity (Wildman–Crippen MR) is 64.7 cm³/mol. The Bertz CT molecular complexity index is 565. The summed E-state index contributed by atoms with van der Waals surface area (Å²) in [5.74, 6) is -0.618. The SMILES string of the molecule is CC(C(=O)O)C(C)n1nnnc1-c1ccc(Br)o1. The maximum absolute atomic E-state index is 11.0. The van der Waals surface area contributed by atoms with Gasteiger partial charge < -0.3 is 9.52 Å². The molecule has 2 aromatic rings. The van der Waals surface area contributed by atoms with E-state index in [2.05, 4.69) is 31.5 Å². The van der Waals surface area contributed by atoms with Gasteiger partial charge in [-0.05, 0) is 52.3 Å². The van der Waals surface area contributed by atoms with Gasteiger partial charge in [-0.25, -0.2) is 4.68 Å². The van der Waals surface area contributed by atoms with Crippen molar-refractivity contribution in [2.45, 2.75) is 19.9 Å². The van der Waals surface area contributed by atoms with E-state index in [9.17, 15) is 4.79 Å². The van der Waals surface area contributed by atoms with Gasteiger partial charge in [0.05, 0.1) is 12.0 Å². The molecule has 0 aliphatic rings. The summed E-state index contributed by atoms with van der Waals surface area (Å²) in [6, 6.07) is 3.06. The highest BCUT2D eigenvalue weighted by molar-refractivity contribution is 9.10. The lowest BCUT2D eigenvalue weighted by atomic mass is 10.0. The van der Waals surface area contributed by atoms with Crippen molar-refractivity contribution in [3.05, 3.63) is 16.8 Å². The summed E-state index contributed by atoms with van der Waals surface area (Å²) in [7, 11) is 0. The van der Waals surface area contributed by atoms with Crippen molar-refractivity contribution in [2.75, 3.05) is 0 Å². The van der Waals surface area contributed by atoms with Crippen molar-refractivity contribution < 1.29 is 14.3 Å². The van der Waals surface area contributed by atoms with Crippen molar-refractivity contribution in [3.8, 4) is 11.6 Å². The lowest BCUT2D eigenvalue weighted by Gasteiger charge is -2.16. The average molecular weight is 315 g/mol. The average Bonchev–Trinajstić information content (AvgIpc) is 2.94. The number of rotatable bonds is 4. The van der Waals surface area contributed by atoms with Crippen LogP contribution < -0.4 is 0 Å². The van der Waals surface area contributed by atoms with Gasteiger partial charge in [-0.15, -0.1) is 5.10 Å². The zero-order valence-electron chi connectivity index (χ0n) is 9.74. The topological polar surface area (TPSA) is 94.0 Å². The fourth-order valence-corrected chi connectivity index (χ4v) is 1.79. The number of aromatic nitrogens is 4. The van der Waals surface area contributed by atoms with Crippen LogP contribution in [0.1, 0.15) is 19.9 Å².